The van der Waals surface area contributed by atoms with Crippen LogP contribution in [-0.4, -0.2) is 40.0 Å². The highest BCUT2D eigenvalue weighted by Crippen LogP contribution is 2.06. The number of aryl methyl sites for hydroxylation is 1. The molecule has 1 rings (SSSR count). The highest BCUT2D eigenvalue weighted by atomic mass is 16.4. The summed E-state index contributed by atoms with van der Waals surface area (Å²) in [7, 11) is 0. The lowest BCUT2D eigenvalue weighted by atomic mass is 10.1. The van der Waals surface area contributed by atoms with E-state index in [-0.39, 0.29) is 24.8 Å². The fourth-order valence-electron chi connectivity index (χ4n) is 1.75. The summed E-state index contributed by atoms with van der Waals surface area (Å²) in [4.78, 5) is 28.4. The van der Waals surface area contributed by atoms with Gasteiger partial charge in [0.25, 0.3) is 0 Å². The van der Waals surface area contributed by atoms with Gasteiger partial charge in [-0.25, -0.2) is 0 Å². The molecule has 0 radical (unpaired) electrons. The van der Waals surface area contributed by atoms with Crippen molar-refractivity contribution in [1.82, 2.24) is 9.88 Å². The highest BCUT2D eigenvalue weighted by Gasteiger charge is 2.18. The molecule has 1 N–H and O–H groups in total. The molecule has 0 unspecified atom stereocenters. The Balaban J connectivity index is 2.70. The predicted molar refractivity (Wildman–Crippen MR) is 71.7 cm³/mol. The van der Waals surface area contributed by atoms with Gasteiger partial charge in [0.1, 0.15) is 6.54 Å². The lowest BCUT2D eigenvalue weighted by molar-refractivity contribution is -0.144. The molecule has 5 nitrogen and oxygen atoms in total. The summed E-state index contributed by atoms with van der Waals surface area (Å²) in [5, 5.41) is 8.84. The number of carbonyl (C=O) groups is 2. The van der Waals surface area contributed by atoms with Gasteiger partial charge in [0.05, 0.1) is 6.42 Å². The van der Waals surface area contributed by atoms with Crippen molar-refractivity contribution in [3.63, 3.8) is 0 Å². The third-order valence-corrected chi connectivity index (χ3v) is 2.59. The summed E-state index contributed by atoms with van der Waals surface area (Å²) in [5.74, 6) is -0.933. The SMILES string of the molecule is Cc1ccc(CC(=O)N(CC(=O)O)CC(C)C)cn1. The van der Waals surface area contributed by atoms with Gasteiger partial charge in [-0.3, -0.25) is 14.6 Å². The third kappa shape index (κ3) is 5.50. The molecule has 0 saturated carbocycles. The lowest BCUT2D eigenvalue weighted by Gasteiger charge is -2.22. The highest BCUT2D eigenvalue weighted by molar-refractivity contribution is 5.82. The van der Waals surface area contributed by atoms with Crippen molar-refractivity contribution in [2.75, 3.05) is 13.1 Å². The molecule has 1 aromatic rings. The van der Waals surface area contributed by atoms with Crippen molar-refractivity contribution in [3.05, 3.63) is 29.6 Å². The van der Waals surface area contributed by atoms with Crippen LogP contribution in [0.2, 0.25) is 0 Å². The molecule has 0 aromatic carbocycles. The van der Waals surface area contributed by atoms with Crippen molar-refractivity contribution < 1.29 is 14.7 Å². The predicted octanol–water partition coefficient (Wildman–Crippen LogP) is 1.50. The van der Waals surface area contributed by atoms with E-state index in [0.717, 1.165) is 11.3 Å². The summed E-state index contributed by atoms with van der Waals surface area (Å²) >= 11 is 0. The number of rotatable bonds is 6. The number of carboxylic acids is 1. The van der Waals surface area contributed by atoms with E-state index in [0.29, 0.717) is 6.54 Å². The number of hydrogen-bond acceptors (Lipinski definition) is 3. The van der Waals surface area contributed by atoms with Crippen molar-refractivity contribution in [2.24, 2.45) is 5.92 Å². The van der Waals surface area contributed by atoms with Gasteiger partial charge in [0, 0.05) is 18.4 Å². The van der Waals surface area contributed by atoms with E-state index in [9.17, 15) is 9.59 Å². The first-order valence-electron chi connectivity index (χ1n) is 6.29. The molecule has 5 heteroatoms. The van der Waals surface area contributed by atoms with Crippen LogP contribution < -0.4 is 0 Å². The molecule has 104 valence electrons. The van der Waals surface area contributed by atoms with Crippen LogP contribution in [0.25, 0.3) is 0 Å². The molecule has 1 aromatic heterocycles. The van der Waals surface area contributed by atoms with Gasteiger partial charge in [-0.05, 0) is 24.5 Å². The smallest absolute Gasteiger partial charge is 0.323 e. The molecule has 0 bridgehead atoms. The molecule has 19 heavy (non-hydrogen) atoms. The van der Waals surface area contributed by atoms with Crippen LogP contribution in [0, 0.1) is 12.8 Å². The molecule has 1 amide bonds. The molecule has 0 saturated heterocycles. The van der Waals surface area contributed by atoms with Crippen molar-refractivity contribution in [3.8, 4) is 0 Å². The Morgan fingerprint density at radius 1 is 1.37 bits per heavy atom. The first-order valence-corrected chi connectivity index (χ1v) is 6.29. The van der Waals surface area contributed by atoms with Gasteiger partial charge in [0.15, 0.2) is 0 Å². The topological polar surface area (TPSA) is 70.5 Å². The van der Waals surface area contributed by atoms with Crippen LogP contribution in [0.1, 0.15) is 25.1 Å². The van der Waals surface area contributed by atoms with Crippen LogP contribution in [0.4, 0.5) is 0 Å². The van der Waals surface area contributed by atoms with Crippen molar-refractivity contribution >= 4 is 11.9 Å². The minimum atomic E-state index is -0.990. The summed E-state index contributed by atoms with van der Waals surface area (Å²) < 4.78 is 0. The Kier molecular flexibility index (Phi) is 5.48. The zero-order valence-corrected chi connectivity index (χ0v) is 11.6. The summed E-state index contributed by atoms with van der Waals surface area (Å²) in [6.45, 7) is 5.98. The minimum absolute atomic E-state index is 0.179. The Hall–Kier alpha value is -1.91. The van der Waals surface area contributed by atoms with E-state index >= 15 is 0 Å². The van der Waals surface area contributed by atoms with Crippen molar-refractivity contribution in [2.45, 2.75) is 27.2 Å². The third-order valence-electron chi connectivity index (χ3n) is 2.59. The average molecular weight is 264 g/mol. The molecule has 0 aliphatic rings. The maximum absolute atomic E-state index is 12.1. The standard InChI is InChI=1S/C14H20N2O3/c1-10(2)8-16(9-14(18)19)13(17)6-12-5-4-11(3)15-7-12/h4-5,7,10H,6,8-9H2,1-3H3,(H,18,19). The summed E-state index contributed by atoms with van der Waals surface area (Å²) in [6.07, 6.45) is 1.84. The zero-order valence-electron chi connectivity index (χ0n) is 11.6. The van der Waals surface area contributed by atoms with Gasteiger partial charge in [0.2, 0.25) is 5.91 Å². The Labute approximate surface area is 113 Å². The molecule has 0 fully saturated rings. The monoisotopic (exact) mass is 264 g/mol. The number of aromatic nitrogens is 1. The number of nitrogens with zero attached hydrogens (tertiary/aromatic N) is 2. The first kappa shape index (κ1) is 15.1. The van der Waals surface area contributed by atoms with Gasteiger partial charge in [-0.1, -0.05) is 19.9 Å². The Morgan fingerprint density at radius 2 is 2.05 bits per heavy atom. The van der Waals surface area contributed by atoms with E-state index in [1.165, 1.54) is 4.90 Å². The molecule has 1 heterocycles. The van der Waals surface area contributed by atoms with Crippen LogP contribution in [0.5, 0.6) is 0 Å². The minimum Gasteiger partial charge on any atom is -0.480 e. The first-order chi connectivity index (χ1) is 8.88. The van der Waals surface area contributed by atoms with Gasteiger partial charge < -0.3 is 10.0 Å². The lowest BCUT2D eigenvalue weighted by Crippen LogP contribution is -2.39. The molecule has 0 spiro atoms. The largest absolute Gasteiger partial charge is 0.480 e. The number of pyridine rings is 1. The van der Waals surface area contributed by atoms with Crippen LogP contribution in [0.15, 0.2) is 18.3 Å². The molecule has 0 atom stereocenters. The Bertz CT molecular complexity index is 441. The van der Waals surface area contributed by atoms with E-state index in [1.807, 2.05) is 32.9 Å². The molecular formula is C14H20N2O3. The van der Waals surface area contributed by atoms with Crippen LogP contribution >= 0.6 is 0 Å². The van der Waals surface area contributed by atoms with Crippen LogP contribution in [0.3, 0.4) is 0 Å². The van der Waals surface area contributed by atoms with E-state index in [4.69, 9.17) is 5.11 Å². The summed E-state index contributed by atoms with van der Waals surface area (Å²) in [5.41, 5.74) is 1.69. The average Bonchev–Trinajstić information content (AvgIpc) is 2.30. The number of aliphatic carboxylic acids is 1. The number of hydrogen-bond donors (Lipinski definition) is 1. The second-order valence-corrected chi connectivity index (χ2v) is 5.05. The normalized spacial score (nSPS) is 10.5. The second kappa shape index (κ2) is 6.87. The van der Waals surface area contributed by atoms with Gasteiger partial charge in [-0.2, -0.15) is 0 Å². The van der Waals surface area contributed by atoms with E-state index in [1.54, 1.807) is 6.20 Å². The number of carbonyl (C=O) groups excluding carboxylic acids is 1. The molecular weight excluding hydrogens is 244 g/mol. The zero-order chi connectivity index (χ0) is 14.4. The Morgan fingerprint density at radius 3 is 2.53 bits per heavy atom. The maximum atomic E-state index is 12.1. The fraction of sp³-hybridized carbons (Fsp3) is 0.500. The van der Waals surface area contributed by atoms with Crippen LogP contribution in [-0.2, 0) is 16.0 Å². The maximum Gasteiger partial charge on any atom is 0.323 e. The van der Waals surface area contributed by atoms with E-state index < -0.39 is 5.97 Å². The van der Waals surface area contributed by atoms with Gasteiger partial charge >= 0.3 is 5.97 Å². The molecule has 0 aliphatic heterocycles. The van der Waals surface area contributed by atoms with Crippen molar-refractivity contribution in [1.29, 1.82) is 0 Å². The fourth-order valence-corrected chi connectivity index (χ4v) is 1.75. The van der Waals surface area contributed by atoms with E-state index in [2.05, 4.69) is 4.98 Å². The number of amides is 1. The second-order valence-electron chi connectivity index (χ2n) is 5.05. The van der Waals surface area contributed by atoms with Gasteiger partial charge in [-0.15, -0.1) is 0 Å². The quantitative estimate of drug-likeness (QED) is 0.845. The summed E-state index contributed by atoms with van der Waals surface area (Å²) in [6, 6.07) is 3.68. The number of carboxylic acid groups (broad SMARTS) is 1. The molecule has 0 aliphatic carbocycles.